The van der Waals surface area contributed by atoms with Gasteiger partial charge in [0.05, 0.1) is 12.7 Å². The van der Waals surface area contributed by atoms with Crippen molar-refractivity contribution in [2.45, 2.75) is 31.6 Å². The Morgan fingerprint density at radius 3 is 2.53 bits per heavy atom. The zero-order chi connectivity index (χ0) is 12.6. The molecule has 92 valence electrons. The number of alkyl halides is 2. The fourth-order valence-corrected chi connectivity index (χ4v) is 1.86. The van der Waals surface area contributed by atoms with Crippen molar-refractivity contribution in [2.75, 3.05) is 7.11 Å². The average Bonchev–Trinajstić information content (AvgIpc) is 3.10. The molecule has 1 fully saturated rings. The average molecular weight is 240 g/mol. The molecular weight excluding hydrogens is 226 g/mol. The molecule has 1 aromatic carbocycles. The van der Waals surface area contributed by atoms with E-state index in [0.717, 1.165) is 19.8 Å². The Bertz CT molecular complexity index is 445. The number of methoxy groups -OCH3 is 1. The van der Waals surface area contributed by atoms with Crippen molar-refractivity contribution < 1.29 is 18.3 Å². The number of ether oxygens (including phenoxy) is 1. The van der Waals surface area contributed by atoms with Crippen LogP contribution in [0, 0.1) is 0 Å². The minimum Gasteiger partial charge on any atom is -0.465 e. The standard InChI is InChI=1S/C13H14F2O2/c1-13(14,15)9-5-6-10(12(16)17-2)11(7-9)8-3-4-8/h5-8H,3-4H2,1-2H3. The van der Waals surface area contributed by atoms with Crippen molar-refractivity contribution in [2.24, 2.45) is 0 Å². The summed E-state index contributed by atoms with van der Waals surface area (Å²) in [6.07, 6.45) is 1.89. The molecule has 17 heavy (non-hydrogen) atoms. The topological polar surface area (TPSA) is 26.3 Å². The molecule has 1 saturated carbocycles. The zero-order valence-corrected chi connectivity index (χ0v) is 9.80. The molecular formula is C13H14F2O2. The van der Waals surface area contributed by atoms with Gasteiger partial charge in [-0.05, 0) is 36.5 Å². The highest BCUT2D eigenvalue weighted by molar-refractivity contribution is 5.91. The third-order valence-electron chi connectivity index (χ3n) is 2.98. The van der Waals surface area contributed by atoms with Gasteiger partial charge >= 0.3 is 5.97 Å². The summed E-state index contributed by atoms with van der Waals surface area (Å²) in [5, 5.41) is 0. The summed E-state index contributed by atoms with van der Waals surface area (Å²) in [5.74, 6) is -3.11. The summed E-state index contributed by atoms with van der Waals surface area (Å²) in [4.78, 5) is 11.5. The number of rotatable bonds is 3. The second-order valence-corrected chi connectivity index (χ2v) is 4.46. The first-order valence-electron chi connectivity index (χ1n) is 5.54. The van der Waals surface area contributed by atoms with Gasteiger partial charge in [-0.15, -0.1) is 0 Å². The summed E-state index contributed by atoms with van der Waals surface area (Å²) >= 11 is 0. The van der Waals surface area contributed by atoms with Gasteiger partial charge in [0.15, 0.2) is 0 Å². The lowest BCUT2D eigenvalue weighted by molar-refractivity contribution is 0.0173. The van der Waals surface area contributed by atoms with E-state index in [1.165, 1.54) is 25.3 Å². The minimum atomic E-state index is -2.88. The lowest BCUT2D eigenvalue weighted by Gasteiger charge is -2.14. The Morgan fingerprint density at radius 2 is 2.06 bits per heavy atom. The highest BCUT2D eigenvalue weighted by Gasteiger charge is 2.32. The molecule has 0 amide bonds. The van der Waals surface area contributed by atoms with Crippen LogP contribution in [-0.4, -0.2) is 13.1 Å². The van der Waals surface area contributed by atoms with Crippen molar-refractivity contribution in [3.63, 3.8) is 0 Å². The van der Waals surface area contributed by atoms with Crippen molar-refractivity contribution in [3.05, 3.63) is 34.9 Å². The van der Waals surface area contributed by atoms with E-state index in [4.69, 9.17) is 0 Å². The second kappa shape index (κ2) is 4.09. The molecule has 0 aromatic heterocycles. The SMILES string of the molecule is COC(=O)c1ccc(C(C)(F)F)cc1C1CC1. The Hall–Kier alpha value is -1.45. The smallest absolute Gasteiger partial charge is 0.338 e. The summed E-state index contributed by atoms with van der Waals surface area (Å²) in [6, 6.07) is 4.16. The van der Waals surface area contributed by atoms with E-state index in [9.17, 15) is 13.6 Å². The molecule has 2 nitrogen and oxygen atoms in total. The van der Waals surface area contributed by atoms with Gasteiger partial charge in [-0.1, -0.05) is 6.07 Å². The molecule has 1 aromatic rings. The summed E-state index contributed by atoms with van der Waals surface area (Å²) in [7, 11) is 1.29. The van der Waals surface area contributed by atoms with Gasteiger partial charge in [0.25, 0.3) is 5.92 Å². The van der Waals surface area contributed by atoms with E-state index in [1.807, 2.05) is 0 Å². The van der Waals surface area contributed by atoms with Crippen molar-refractivity contribution in [1.82, 2.24) is 0 Å². The van der Waals surface area contributed by atoms with Crippen LogP contribution in [0.1, 0.15) is 47.2 Å². The molecule has 1 aliphatic rings. The van der Waals surface area contributed by atoms with E-state index >= 15 is 0 Å². The van der Waals surface area contributed by atoms with Crippen molar-refractivity contribution in [1.29, 1.82) is 0 Å². The maximum atomic E-state index is 13.2. The van der Waals surface area contributed by atoms with E-state index in [0.29, 0.717) is 11.1 Å². The molecule has 1 aliphatic carbocycles. The van der Waals surface area contributed by atoms with Gasteiger partial charge in [-0.3, -0.25) is 0 Å². The first-order valence-corrected chi connectivity index (χ1v) is 5.54. The maximum absolute atomic E-state index is 13.2. The summed E-state index contributed by atoms with van der Waals surface area (Å²) in [6.45, 7) is 0.858. The molecule has 0 spiro atoms. The summed E-state index contributed by atoms with van der Waals surface area (Å²) in [5.41, 5.74) is 1.05. The number of esters is 1. The van der Waals surface area contributed by atoms with E-state index in [1.54, 1.807) is 0 Å². The van der Waals surface area contributed by atoms with E-state index in [2.05, 4.69) is 4.74 Å². The maximum Gasteiger partial charge on any atom is 0.338 e. The molecule has 0 saturated heterocycles. The van der Waals surface area contributed by atoms with E-state index in [-0.39, 0.29) is 11.5 Å². The van der Waals surface area contributed by atoms with Crippen molar-refractivity contribution in [3.8, 4) is 0 Å². The third-order valence-corrected chi connectivity index (χ3v) is 2.98. The van der Waals surface area contributed by atoms with Crippen LogP contribution in [0.25, 0.3) is 0 Å². The number of halogens is 2. The fraction of sp³-hybridized carbons (Fsp3) is 0.462. The third kappa shape index (κ3) is 2.46. The Morgan fingerprint density at radius 1 is 1.41 bits per heavy atom. The van der Waals surface area contributed by atoms with Crippen LogP contribution in [0.2, 0.25) is 0 Å². The largest absolute Gasteiger partial charge is 0.465 e. The number of carbonyl (C=O) groups is 1. The highest BCUT2D eigenvalue weighted by Crippen LogP contribution is 2.43. The van der Waals surface area contributed by atoms with Crippen LogP contribution < -0.4 is 0 Å². The van der Waals surface area contributed by atoms with Gasteiger partial charge in [0.1, 0.15) is 0 Å². The van der Waals surface area contributed by atoms with Gasteiger partial charge in [-0.2, -0.15) is 0 Å². The number of hydrogen-bond acceptors (Lipinski definition) is 2. The molecule has 2 rings (SSSR count). The van der Waals surface area contributed by atoms with Crippen LogP contribution in [0.4, 0.5) is 8.78 Å². The molecule has 0 aliphatic heterocycles. The Labute approximate surface area is 98.6 Å². The number of benzene rings is 1. The Kier molecular flexibility index (Phi) is 2.89. The van der Waals surface area contributed by atoms with Crippen LogP contribution in [0.3, 0.4) is 0 Å². The van der Waals surface area contributed by atoms with Gasteiger partial charge in [0.2, 0.25) is 0 Å². The lowest BCUT2D eigenvalue weighted by atomic mass is 9.98. The monoisotopic (exact) mass is 240 g/mol. The first-order chi connectivity index (χ1) is 7.93. The van der Waals surface area contributed by atoms with Gasteiger partial charge in [0, 0.05) is 12.5 Å². The Balaban J connectivity index is 2.45. The molecule has 0 atom stereocenters. The number of hydrogen-bond donors (Lipinski definition) is 0. The predicted molar refractivity (Wildman–Crippen MR) is 59.3 cm³/mol. The normalized spacial score (nSPS) is 15.8. The van der Waals surface area contributed by atoms with Crippen LogP contribution in [0.15, 0.2) is 18.2 Å². The molecule has 0 unspecified atom stereocenters. The van der Waals surface area contributed by atoms with Crippen molar-refractivity contribution >= 4 is 5.97 Å². The quantitative estimate of drug-likeness (QED) is 0.756. The fourth-order valence-electron chi connectivity index (χ4n) is 1.86. The first kappa shape index (κ1) is 12.0. The molecule has 0 heterocycles. The molecule has 0 radical (unpaired) electrons. The zero-order valence-electron chi connectivity index (χ0n) is 9.80. The lowest BCUT2D eigenvalue weighted by Crippen LogP contribution is -2.11. The second-order valence-electron chi connectivity index (χ2n) is 4.46. The van der Waals surface area contributed by atoms with Gasteiger partial charge in [-0.25, -0.2) is 13.6 Å². The molecule has 0 N–H and O–H groups in total. The predicted octanol–water partition coefficient (Wildman–Crippen LogP) is 3.46. The molecule has 0 bridgehead atoms. The minimum absolute atomic E-state index is 0.0490. The van der Waals surface area contributed by atoms with Crippen LogP contribution in [-0.2, 0) is 10.7 Å². The highest BCUT2D eigenvalue weighted by atomic mass is 19.3. The molecule has 4 heteroatoms. The van der Waals surface area contributed by atoms with Gasteiger partial charge < -0.3 is 4.74 Å². The van der Waals surface area contributed by atoms with E-state index < -0.39 is 11.9 Å². The van der Waals surface area contributed by atoms with Crippen LogP contribution >= 0.6 is 0 Å². The summed E-state index contributed by atoms with van der Waals surface area (Å²) < 4.78 is 31.1. The van der Waals surface area contributed by atoms with Crippen LogP contribution in [0.5, 0.6) is 0 Å². The number of carbonyl (C=O) groups excluding carboxylic acids is 1.